The van der Waals surface area contributed by atoms with Gasteiger partial charge in [0.15, 0.2) is 0 Å². The first kappa shape index (κ1) is 27.8. The standard InChI is InChI=1S/C33H38FN3O3/c1-23-16-20-36(21-17-23)19-5-18-35-32(38)30-28-6-3-4-7-29(28)33(39)37(22-24-8-12-26(34)13-9-24)31(30)25-10-14-27(40-2)15-11-25/h3-4,6-15,23,30-31H,5,16-22H2,1-2H3,(H,35,38). The zero-order chi connectivity index (χ0) is 28.1. The number of likely N-dealkylation sites (tertiary alicyclic amines) is 1. The van der Waals surface area contributed by atoms with Crippen molar-refractivity contribution in [2.45, 2.75) is 44.7 Å². The molecule has 2 heterocycles. The summed E-state index contributed by atoms with van der Waals surface area (Å²) in [6.07, 6.45) is 3.33. The van der Waals surface area contributed by atoms with Crippen LogP contribution >= 0.6 is 0 Å². The van der Waals surface area contributed by atoms with Crippen LogP contribution in [0.25, 0.3) is 0 Å². The lowest BCUT2D eigenvalue weighted by Gasteiger charge is -2.42. The summed E-state index contributed by atoms with van der Waals surface area (Å²) in [4.78, 5) is 32.1. The normalized spacial score (nSPS) is 19.8. The predicted molar refractivity (Wildman–Crippen MR) is 154 cm³/mol. The fraction of sp³-hybridized carbons (Fsp3) is 0.394. The molecule has 2 atom stereocenters. The number of hydrogen-bond acceptors (Lipinski definition) is 4. The molecule has 0 saturated carbocycles. The Bertz CT molecular complexity index is 1300. The summed E-state index contributed by atoms with van der Waals surface area (Å²) in [5.74, 6) is 0.309. The number of carbonyl (C=O) groups excluding carboxylic acids is 2. The quantitative estimate of drug-likeness (QED) is 0.360. The van der Waals surface area contributed by atoms with Gasteiger partial charge in [-0.15, -0.1) is 0 Å². The topological polar surface area (TPSA) is 61.9 Å². The number of nitrogens with one attached hydrogen (secondary N) is 1. The van der Waals surface area contributed by atoms with Gasteiger partial charge in [0.25, 0.3) is 5.91 Å². The summed E-state index contributed by atoms with van der Waals surface area (Å²) < 4.78 is 19.0. The minimum atomic E-state index is -0.599. The number of piperidine rings is 1. The molecular weight excluding hydrogens is 505 g/mol. The van der Waals surface area contributed by atoms with E-state index < -0.39 is 12.0 Å². The highest BCUT2D eigenvalue weighted by Gasteiger charge is 2.44. The van der Waals surface area contributed by atoms with Gasteiger partial charge in [0.1, 0.15) is 11.6 Å². The SMILES string of the molecule is COc1ccc(C2C(C(=O)NCCCN3CCC(C)CC3)c3ccccc3C(=O)N2Cc2ccc(F)cc2)cc1. The number of fused-ring (bicyclic) bond motifs is 1. The summed E-state index contributed by atoms with van der Waals surface area (Å²) in [6, 6.07) is 20.5. The first-order valence-corrected chi connectivity index (χ1v) is 14.2. The molecule has 3 aromatic rings. The summed E-state index contributed by atoms with van der Waals surface area (Å²) in [6.45, 7) is 6.33. The Morgan fingerprint density at radius 3 is 2.40 bits per heavy atom. The fourth-order valence-electron chi connectivity index (χ4n) is 5.92. The van der Waals surface area contributed by atoms with Crippen LogP contribution < -0.4 is 10.1 Å². The van der Waals surface area contributed by atoms with Crippen LogP contribution in [0.4, 0.5) is 4.39 Å². The lowest BCUT2D eigenvalue weighted by atomic mass is 9.79. The van der Waals surface area contributed by atoms with E-state index in [0.717, 1.165) is 48.7 Å². The molecule has 0 spiro atoms. The molecule has 2 aliphatic rings. The molecule has 7 heteroatoms. The van der Waals surface area contributed by atoms with Gasteiger partial charge in [0.05, 0.1) is 19.1 Å². The molecule has 2 aliphatic heterocycles. The maximum atomic E-state index is 14.0. The number of carbonyl (C=O) groups is 2. The van der Waals surface area contributed by atoms with Crippen molar-refractivity contribution in [1.29, 1.82) is 0 Å². The number of halogens is 1. The van der Waals surface area contributed by atoms with Crippen LogP contribution in [0.1, 0.15) is 65.2 Å². The van der Waals surface area contributed by atoms with E-state index in [1.165, 1.54) is 25.0 Å². The fourth-order valence-corrected chi connectivity index (χ4v) is 5.92. The number of amides is 2. The van der Waals surface area contributed by atoms with Gasteiger partial charge in [-0.25, -0.2) is 4.39 Å². The van der Waals surface area contributed by atoms with Crippen molar-refractivity contribution in [3.05, 3.63) is 101 Å². The molecule has 0 aromatic heterocycles. The Balaban J connectivity index is 1.43. The average Bonchev–Trinajstić information content (AvgIpc) is 2.98. The highest BCUT2D eigenvalue weighted by atomic mass is 19.1. The van der Waals surface area contributed by atoms with Crippen molar-refractivity contribution in [1.82, 2.24) is 15.1 Å². The zero-order valence-electron chi connectivity index (χ0n) is 23.3. The van der Waals surface area contributed by atoms with E-state index in [-0.39, 0.29) is 24.2 Å². The lowest BCUT2D eigenvalue weighted by molar-refractivity contribution is -0.124. The maximum Gasteiger partial charge on any atom is 0.255 e. The van der Waals surface area contributed by atoms with Crippen LogP contribution in [-0.4, -0.2) is 54.9 Å². The molecule has 3 aromatic carbocycles. The van der Waals surface area contributed by atoms with Crippen molar-refractivity contribution in [3.63, 3.8) is 0 Å². The van der Waals surface area contributed by atoms with E-state index in [4.69, 9.17) is 4.74 Å². The number of benzene rings is 3. The van der Waals surface area contributed by atoms with E-state index in [1.807, 2.05) is 42.5 Å². The third-order valence-corrected chi connectivity index (χ3v) is 8.27. The lowest BCUT2D eigenvalue weighted by Crippen LogP contribution is -2.47. The Kier molecular flexibility index (Phi) is 8.80. The first-order chi connectivity index (χ1) is 19.4. The number of rotatable bonds is 9. The Morgan fingerprint density at radius 1 is 1.00 bits per heavy atom. The Morgan fingerprint density at radius 2 is 1.70 bits per heavy atom. The molecule has 6 nitrogen and oxygen atoms in total. The van der Waals surface area contributed by atoms with Gasteiger partial charge in [-0.05, 0) is 91.8 Å². The number of ether oxygens (including phenoxy) is 1. The third kappa shape index (κ3) is 6.20. The van der Waals surface area contributed by atoms with Gasteiger partial charge in [-0.1, -0.05) is 49.4 Å². The Hall–Kier alpha value is -3.71. The van der Waals surface area contributed by atoms with Crippen molar-refractivity contribution < 1.29 is 18.7 Å². The molecular formula is C33H38FN3O3. The summed E-state index contributed by atoms with van der Waals surface area (Å²) in [5.41, 5.74) is 2.89. The highest BCUT2D eigenvalue weighted by Crippen LogP contribution is 2.44. The van der Waals surface area contributed by atoms with Gasteiger partial charge in [0.2, 0.25) is 5.91 Å². The van der Waals surface area contributed by atoms with Crippen LogP contribution in [-0.2, 0) is 11.3 Å². The van der Waals surface area contributed by atoms with Crippen molar-refractivity contribution in [3.8, 4) is 5.75 Å². The van der Waals surface area contributed by atoms with E-state index >= 15 is 0 Å². The molecule has 0 aliphatic carbocycles. The van der Waals surface area contributed by atoms with Crippen LogP contribution in [0.15, 0.2) is 72.8 Å². The van der Waals surface area contributed by atoms with Gasteiger partial charge < -0.3 is 19.9 Å². The molecule has 2 unspecified atom stereocenters. The van der Waals surface area contributed by atoms with Gasteiger partial charge in [0, 0.05) is 18.7 Å². The van der Waals surface area contributed by atoms with Gasteiger partial charge >= 0.3 is 0 Å². The average molecular weight is 544 g/mol. The van der Waals surface area contributed by atoms with Crippen LogP contribution in [0.2, 0.25) is 0 Å². The second kappa shape index (κ2) is 12.6. The van der Waals surface area contributed by atoms with Crippen molar-refractivity contribution in [2.75, 3.05) is 33.3 Å². The molecule has 2 amide bonds. The van der Waals surface area contributed by atoms with Crippen molar-refractivity contribution >= 4 is 11.8 Å². The molecule has 40 heavy (non-hydrogen) atoms. The minimum absolute atomic E-state index is 0.0999. The predicted octanol–water partition coefficient (Wildman–Crippen LogP) is 5.55. The zero-order valence-corrected chi connectivity index (χ0v) is 23.3. The number of methoxy groups -OCH3 is 1. The number of hydrogen-bond donors (Lipinski definition) is 1. The second-order valence-electron chi connectivity index (χ2n) is 11.0. The second-order valence-corrected chi connectivity index (χ2v) is 11.0. The molecule has 0 bridgehead atoms. The van der Waals surface area contributed by atoms with Crippen molar-refractivity contribution in [2.24, 2.45) is 5.92 Å². The van der Waals surface area contributed by atoms with E-state index in [1.54, 1.807) is 30.2 Å². The molecule has 5 rings (SSSR count). The van der Waals surface area contributed by atoms with Gasteiger partial charge in [-0.3, -0.25) is 9.59 Å². The molecule has 1 fully saturated rings. The smallest absolute Gasteiger partial charge is 0.255 e. The summed E-state index contributed by atoms with van der Waals surface area (Å²) in [7, 11) is 1.61. The highest BCUT2D eigenvalue weighted by molar-refractivity contribution is 6.01. The van der Waals surface area contributed by atoms with Crippen LogP contribution in [0.3, 0.4) is 0 Å². The minimum Gasteiger partial charge on any atom is -0.497 e. The maximum absolute atomic E-state index is 14.0. The van der Waals surface area contributed by atoms with Crippen LogP contribution in [0, 0.1) is 11.7 Å². The third-order valence-electron chi connectivity index (χ3n) is 8.27. The van der Waals surface area contributed by atoms with Gasteiger partial charge in [-0.2, -0.15) is 0 Å². The summed E-state index contributed by atoms with van der Waals surface area (Å²) in [5, 5.41) is 3.19. The summed E-state index contributed by atoms with van der Waals surface area (Å²) >= 11 is 0. The molecule has 210 valence electrons. The Labute approximate surface area is 236 Å². The monoisotopic (exact) mass is 543 g/mol. The van der Waals surface area contributed by atoms with Crippen LogP contribution in [0.5, 0.6) is 5.75 Å². The molecule has 1 saturated heterocycles. The first-order valence-electron chi connectivity index (χ1n) is 14.2. The molecule has 1 N–H and O–H groups in total. The van der Waals surface area contributed by atoms with E-state index in [9.17, 15) is 14.0 Å². The number of nitrogens with zero attached hydrogens (tertiary/aromatic N) is 2. The largest absolute Gasteiger partial charge is 0.497 e. The van der Waals surface area contributed by atoms with E-state index in [0.29, 0.717) is 17.9 Å². The van der Waals surface area contributed by atoms with E-state index in [2.05, 4.69) is 17.1 Å². The molecule has 0 radical (unpaired) electrons.